The second-order valence-corrected chi connectivity index (χ2v) is 6.66. The van der Waals surface area contributed by atoms with Crippen LogP contribution in [0, 0.1) is 17.8 Å². The van der Waals surface area contributed by atoms with Crippen LogP contribution in [0.2, 0.25) is 0 Å². The Labute approximate surface area is 154 Å². The SMILES string of the molecule is CC#Cc1cncc(-c2ccc3c(c2)[C@@]2(CO3)N=C(N)C[C@H]2C(F)(F)F)c1. The molecule has 2 aromatic rings. The fourth-order valence-corrected chi connectivity index (χ4v) is 3.77. The van der Waals surface area contributed by atoms with Gasteiger partial charge in [0.25, 0.3) is 0 Å². The van der Waals surface area contributed by atoms with Crippen molar-refractivity contribution in [1.82, 2.24) is 4.98 Å². The summed E-state index contributed by atoms with van der Waals surface area (Å²) in [5.41, 5.74) is 6.82. The fraction of sp³-hybridized carbons (Fsp3) is 0.300. The van der Waals surface area contributed by atoms with Crippen LogP contribution >= 0.6 is 0 Å². The van der Waals surface area contributed by atoms with Crippen LogP contribution in [0.25, 0.3) is 11.1 Å². The number of hydrogen-bond donors (Lipinski definition) is 1. The van der Waals surface area contributed by atoms with Gasteiger partial charge in [0.2, 0.25) is 0 Å². The molecule has 4 nitrogen and oxygen atoms in total. The Morgan fingerprint density at radius 3 is 2.78 bits per heavy atom. The van der Waals surface area contributed by atoms with Crippen LogP contribution in [0.4, 0.5) is 13.2 Å². The van der Waals surface area contributed by atoms with E-state index in [1.54, 1.807) is 37.5 Å². The van der Waals surface area contributed by atoms with Crippen molar-refractivity contribution in [3.05, 3.63) is 47.8 Å². The molecule has 7 heteroatoms. The van der Waals surface area contributed by atoms with Crippen molar-refractivity contribution in [3.8, 4) is 28.7 Å². The molecule has 2 atom stereocenters. The third-order valence-corrected chi connectivity index (χ3v) is 4.96. The molecule has 2 aliphatic rings. The maximum absolute atomic E-state index is 13.7. The van der Waals surface area contributed by atoms with Gasteiger partial charge in [0, 0.05) is 35.5 Å². The quantitative estimate of drug-likeness (QED) is 0.779. The molecule has 138 valence electrons. The summed E-state index contributed by atoms with van der Waals surface area (Å²) in [4.78, 5) is 8.37. The molecule has 27 heavy (non-hydrogen) atoms. The van der Waals surface area contributed by atoms with Crippen LogP contribution < -0.4 is 10.5 Å². The van der Waals surface area contributed by atoms with Crippen LogP contribution in [0.3, 0.4) is 0 Å². The Hall–Kier alpha value is -3.01. The molecular weight excluding hydrogens is 355 g/mol. The van der Waals surface area contributed by atoms with E-state index in [0.717, 1.165) is 16.7 Å². The standard InChI is InChI=1S/C20H16F3N3O/c1-2-3-12-6-14(10-25-9-12)13-4-5-16-15(7-13)19(11-27-16)17(20(21,22)23)8-18(24)26-19/h4-7,9-10,17H,8,11H2,1H3,(H2,24,26)/t17-,19-/m1/s1. The van der Waals surface area contributed by atoms with E-state index in [4.69, 9.17) is 10.5 Å². The number of hydrogen-bond acceptors (Lipinski definition) is 4. The Morgan fingerprint density at radius 2 is 2.04 bits per heavy atom. The maximum atomic E-state index is 13.7. The average molecular weight is 371 g/mol. The molecular formula is C20H16F3N3O. The molecule has 1 spiro atoms. The van der Waals surface area contributed by atoms with Gasteiger partial charge in [-0.05, 0) is 30.7 Å². The Kier molecular flexibility index (Phi) is 3.88. The van der Waals surface area contributed by atoms with Gasteiger partial charge in [-0.25, -0.2) is 0 Å². The van der Waals surface area contributed by atoms with Crippen molar-refractivity contribution in [2.45, 2.75) is 25.1 Å². The Morgan fingerprint density at radius 1 is 1.22 bits per heavy atom. The lowest BCUT2D eigenvalue weighted by atomic mass is 9.79. The highest BCUT2D eigenvalue weighted by Gasteiger charge is 2.61. The molecule has 0 saturated carbocycles. The zero-order valence-electron chi connectivity index (χ0n) is 14.5. The zero-order valence-corrected chi connectivity index (χ0v) is 14.5. The van der Waals surface area contributed by atoms with Gasteiger partial charge < -0.3 is 10.5 Å². The van der Waals surface area contributed by atoms with Gasteiger partial charge in [-0.3, -0.25) is 9.98 Å². The highest BCUT2D eigenvalue weighted by Crippen LogP contribution is 2.54. The number of rotatable bonds is 1. The summed E-state index contributed by atoms with van der Waals surface area (Å²) in [6.45, 7) is 1.55. The van der Waals surface area contributed by atoms with Gasteiger partial charge in [0.15, 0.2) is 0 Å². The number of nitrogens with zero attached hydrogens (tertiary/aromatic N) is 2. The van der Waals surface area contributed by atoms with Gasteiger partial charge in [0.05, 0.1) is 11.8 Å². The summed E-state index contributed by atoms with van der Waals surface area (Å²) in [7, 11) is 0. The lowest BCUT2D eigenvalue weighted by molar-refractivity contribution is -0.189. The van der Waals surface area contributed by atoms with Crippen molar-refractivity contribution in [1.29, 1.82) is 0 Å². The van der Waals surface area contributed by atoms with Gasteiger partial charge in [-0.2, -0.15) is 13.2 Å². The highest BCUT2D eigenvalue weighted by molar-refractivity contribution is 5.84. The third kappa shape index (κ3) is 2.81. The fourth-order valence-electron chi connectivity index (χ4n) is 3.77. The minimum Gasteiger partial charge on any atom is -0.490 e. The largest absolute Gasteiger partial charge is 0.490 e. The predicted octanol–water partition coefficient (Wildman–Crippen LogP) is 3.65. The molecule has 0 saturated heterocycles. The van der Waals surface area contributed by atoms with E-state index in [0.29, 0.717) is 11.3 Å². The lowest BCUT2D eigenvalue weighted by Crippen LogP contribution is -2.41. The number of aliphatic imine (C=N–C) groups is 1. The summed E-state index contributed by atoms with van der Waals surface area (Å²) >= 11 is 0. The van der Waals surface area contributed by atoms with E-state index >= 15 is 0 Å². The first kappa shape index (κ1) is 17.4. The van der Waals surface area contributed by atoms with Crippen LogP contribution in [-0.4, -0.2) is 23.6 Å². The summed E-state index contributed by atoms with van der Waals surface area (Å²) in [6.07, 6.45) is -1.46. The lowest BCUT2D eigenvalue weighted by Gasteiger charge is -2.29. The first-order valence-electron chi connectivity index (χ1n) is 8.40. The minimum atomic E-state index is -4.43. The normalized spacial score (nSPS) is 23.4. The van der Waals surface area contributed by atoms with Crippen molar-refractivity contribution in [2.24, 2.45) is 16.6 Å². The Balaban J connectivity index is 1.83. The number of alkyl halides is 3. The summed E-state index contributed by atoms with van der Waals surface area (Å²) < 4.78 is 46.6. The van der Waals surface area contributed by atoms with Crippen LogP contribution in [-0.2, 0) is 5.54 Å². The molecule has 3 heterocycles. The number of halogens is 3. The van der Waals surface area contributed by atoms with Gasteiger partial charge in [0.1, 0.15) is 17.9 Å². The van der Waals surface area contributed by atoms with E-state index in [2.05, 4.69) is 21.8 Å². The highest BCUT2D eigenvalue weighted by atomic mass is 19.4. The summed E-state index contributed by atoms with van der Waals surface area (Å²) in [5.74, 6) is 4.44. The van der Waals surface area contributed by atoms with Crippen molar-refractivity contribution >= 4 is 5.84 Å². The first-order chi connectivity index (χ1) is 12.8. The molecule has 0 amide bonds. The summed E-state index contributed by atoms with van der Waals surface area (Å²) in [5, 5.41) is 0. The van der Waals surface area contributed by atoms with Crippen molar-refractivity contribution in [2.75, 3.05) is 6.61 Å². The average Bonchev–Trinajstić information content (AvgIpc) is 3.16. The molecule has 1 aromatic heterocycles. The topological polar surface area (TPSA) is 60.5 Å². The van der Waals surface area contributed by atoms with Crippen molar-refractivity contribution < 1.29 is 17.9 Å². The molecule has 4 rings (SSSR count). The molecule has 0 aliphatic carbocycles. The molecule has 0 radical (unpaired) electrons. The van der Waals surface area contributed by atoms with E-state index in [1.807, 2.05) is 6.07 Å². The van der Waals surface area contributed by atoms with E-state index in [1.165, 1.54) is 0 Å². The number of fused-ring (bicyclic) bond motifs is 2. The zero-order chi connectivity index (χ0) is 19.2. The van der Waals surface area contributed by atoms with Gasteiger partial charge >= 0.3 is 6.18 Å². The van der Waals surface area contributed by atoms with Gasteiger partial charge in [-0.15, -0.1) is 5.92 Å². The van der Waals surface area contributed by atoms with Gasteiger partial charge in [-0.1, -0.05) is 12.0 Å². The number of pyridine rings is 1. The van der Waals surface area contributed by atoms with Crippen molar-refractivity contribution in [3.63, 3.8) is 0 Å². The molecule has 0 fully saturated rings. The number of amidine groups is 1. The number of ether oxygens (including phenoxy) is 1. The smallest absolute Gasteiger partial charge is 0.395 e. The van der Waals surface area contributed by atoms with Crippen LogP contribution in [0.1, 0.15) is 24.5 Å². The van der Waals surface area contributed by atoms with Crippen LogP contribution in [0.15, 0.2) is 41.7 Å². The minimum absolute atomic E-state index is 0.000984. The summed E-state index contributed by atoms with van der Waals surface area (Å²) in [6, 6.07) is 7.02. The number of nitrogens with two attached hydrogens (primary N) is 1. The molecule has 2 aliphatic heterocycles. The molecule has 0 unspecified atom stereocenters. The second-order valence-electron chi connectivity index (χ2n) is 6.66. The Bertz CT molecular complexity index is 1000. The van der Waals surface area contributed by atoms with E-state index < -0.39 is 17.6 Å². The maximum Gasteiger partial charge on any atom is 0.395 e. The second kappa shape index (κ2) is 6.02. The van der Waals surface area contributed by atoms with E-state index in [-0.39, 0.29) is 18.9 Å². The first-order valence-corrected chi connectivity index (χ1v) is 8.40. The van der Waals surface area contributed by atoms with Crippen LogP contribution in [0.5, 0.6) is 5.75 Å². The molecule has 2 N–H and O–H groups in total. The number of aromatic nitrogens is 1. The third-order valence-electron chi connectivity index (χ3n) is 4.96. The number of benzene rings is 1. The van der Waals surface area contributed by atoms with E-state index in [9.17, 15) is 13.2 Å². The molecule has 1 aromatic carbocycles. The molecule has 0 bridgehead atoms. The monoisotopic (exact) mass is 371 g/mol. The predicted molar refractivity (Wildman–Crippen MR) is 95.2 cm³/mol.